The van der Waals surface area contributed by atoms with Crippen LogP contribution in [-0.2, 0) is 25.1 Å². The first-order valence-corrected chi connectivity index (χ1v) is 9.55. The molecule has 1 aromatic heterocycles. The summed E-state index contributed by atoms with van der Waals surface area (Å²) in [6, 6.07) is 9.25. The fraction of sp³-hybridized carbons (Fsp3) is 0.294. The molecule has 0 saturated heterocycles. The molecular formula is C17H19NO7S. The Morgan fingerprint density at radius 1 is 1.12 bits per heavy atom. The molecule has 1 heterocycles. The third kappa shape index (κ3) is 5.62. The first-order chi connectivity index (χ1) is 12.3. The Kier molecular flexibility index (Phi) is 6.40. The van der Waals surface area contributed by atoms with Gasteiger partial charge in [-0.3, -0.25) is 4.79 Å². The second-order valence-electron chi connectivity index (χ2n) is 5.30. The predicted molar refractivity (Wildman–Crippen MR) is 93.8 cm³/mol. The zero-order chi connectivity index (χ0) is 19.2. The molecular weight excluding hydrogens is 362 g/mol. The third-order valence-electron chi connectivity index (χ3n) is 3.21. The van der Waals surface area contributed by atoms with E-state index in [0.29, 0.717) is 18.0 Å². The van der Waals surface area contributed by atoms with Gasteiger partial charge in [-0.2, -0.15) is 0 Å². The number of furan rings is 1. The van der Waals surface area contributed by atoms with Crippen LogP contribution in [0.5, 0.6) is 5.75 Å². The number of anilines is 1. The largest absolute Gasteiger partial charge is 0.494 e. The van der Waals surface area contributed by atoms with E-state index in [0.717, 1.165) is 0 Å². The summed E-state index contributed by atoms with van der Waals surface area (Å²) in [7, 11) is -2.59. The fourth-order valence-electron chi connectivity index (χ4n) is 2.13. The Morgan fingerprint density at radius 3 is 2.42 bits per heavy atom. The molecule has 0 fully saturated rings. The molecule has 26 heavy (non-hydrogen) atoms. The van der Waals surface area contributed by atoms with Gasteiger partial charge in [0.15, 0.2) is 9.84 Å². The van der Waals surface area contributed by atoms with Crippen molar-refractivity contribution in [3.8, 4) is 5.75 Å². The minimum absolute atomic E-state index is 0.0549. The molecule has 2 rings (SSSR count). The van der Waals surface area contributed by atoms with E-state index in [9.17, 15) is 18.0 Å². The van der Waals surface area contributed by atoms with E-state index in [1.807, 2.05) is 6.92 Å². The topological polar surface area (TPSA) is 112 Å². The minimum atomic E-state index is -3.77. The predicted octanol–water partition coefficient (Wildman–Crippen LogP) is 2.02. The molecule has 0 radical (unpaired) electrons. The smallest absolute Gasteiger partial charge is 0.373 e. The summed E-state index contributed by atoms with van der Waals surface area (Å²) in [6.45, 7) is 2.38. The van der Waals surface area contributed by atoms with Gasteiger partial charge in [-0.05, 0) is 43.3 Å². The number of ether oxygens (including phenoxy) is 2. The van der Waals surface area contributed by atoms with Gasteiger partial charge in [-0.1, -0.05) is 0 Å². The summed E-state index contributed by atoms with van der Waals surface area (Å²) in [5.74, 6) is -1.99. The molecule has 8 nitrogen and oxygen atoms in total. The van der Waals surface area contributed by atoms with Gasteiger partial charge in [0.05, 0.1) is 13.7 Å². The van der Waals surface area contributed by atoms with Crippen molar-refractivity contribution in [1.29, 1.82) is 0 Å². The van der Waals surface area contributed by atoms with Crippen molar-refractivity contribution in [3.05, 3.63) is 47.9 Å². The Balaban J connectivity index is 1.94. The summed E-state index contributed by atoms with van der Waals surface area (Å²) in [4.78, 5) is 23.3. The molecule has 0 saturated carbocycles. The Bertz CT molecular complexity index is 869. The van der Waals surface area contributed by atoms with Crippen LogP contribution in [0.25, 0.3) is 0 Å². The zero-order valence-corrected chi connectivity index (χ0v) is 15.2. The van der Waals surface area contributed by atoms with Gasteiger partial charge < -0.3 is 19.2 Å². The molecule has 1 aromatic carbocycles. The highest BCUT2D eigenvalue weighted by Crippen LogP contribution is 2.16. The van der Waals surface area contributed by atoms with Crippen molar-refractivity contribution in [2.24, 2.45) is 0 Å². The molecule has 0 aliphatic carbocycles. The molecule has 0 aliphatic heterocycles. The summed E-state index contributed by atoms with van der Waals surface area (Å²) in [5.41, 5.74) is 0.458. The van der Waals surface area contributed by atoms with Crippen molar-refractivity contribution in [2.45, 2.75) is 12.7 Å². The van der Waals surface area contributed by atoms with Crippen molar-refractivity contribution >= 4 is 27.4 Å². The Morgan fingerprint density at radius 2 is 1.81 bits per heavy atom. The van der Waals surface area contributed by atoms with Crippen LogP contribution in [0.3, 0.4) is 0 Å². The minimum Gasteiger partial charge on any atom is -0.494 e. The zero-order valence-electron chi connectivity index (χ0n) is 14.4. The van der Waals surface area contributed by atoms with Crippen molar-refractivity contribution in [2.75, 3.05) is 24.8 Å². The number of sulfone groups is 1. The Hall–Kier alpha value is -2.81. The lowest BCUT2D eigenvalue weighted by Crippen LogP contribution is -2.23. The lowest BCUT2D eigenvalue weighted by molar-refractivity contribution is -0.113. The summed E-state index contributed by atoms with van der Waals surface area (Å²) in [6.07, 6.45) is 0. The van der Waals surface area contributed by atoms with Crippen LogP contribution in [0.1, 0.15) is 23.2 Å². The highest BCUT2D eigenvalue weighted by atomic mass is 32.2. The first-order valence-electron chi connectivity index (χ1n) is 7.73. The number of hydrogen-bond donors (Lipinski definition) is 1. The van der Waals surface area contributed by atoms with Gasteiger partial charge in [0.1, 0.15) is 23.0 Å². The second kappa shape index (κ2) is 8.52. The SMILES string of the molecule is CCOc1ccc(NC(=O)CS(=O)(=O)Cc2ccc(C(=O)OC)o2)cc1. The molecule has 0 bridgehead atoms. The van der Waals surface area contributed by atoms with E-state index >= 15 is 0 Å². The van der Waals surface area contributed by atoms with Gasteiger partial charge in [-0.25, -0.2) is 13.2 Å². The molecule has 9 heteroatoms. The second-order valence-corrected chi connectivity index (χ2v) is 7.36. The van der Waals surface area contributed by atoms with Gasteiger partial charge >= 0.3 is 5.97 Å². The maximum atomic E-state index is 12.1. The van der Waals surface area contributed by atoms with E-state index in [1.54, 1.807) is 24.3 Å². The summed E-state index contributed by atoms with van der Waals surface area (Å²) in [5, 5.41) is 2.51. The van der Waals surface area contributed by atoms with Crippen LogP contribution < -0.4 is 10.1 Å². The monoisotopic (exact) mass is 381 g/mol. The maximum absolute atomic E-state index is 12.1. The molecule has 0 spiro atoms. The number of carbonyl (C=O) groups is 2. The number of nitrogens with one attached hydrogen (secondary N) is 1. The van der Waals surface area contributed by atoms with Crippen LogP contribution in [0.15, 0.2) is 40.8 Å². The van der Waals surface area contributed by atoms with Gasteiger partial charge in [-0.15, -0.1) is 0 Å². The van der Waals surface area contributed by atoms with Gasteiger partial charge in [0, 0.05) is 5.69 Å². The van der Waals surface area contributed by atoms with E-state index in [1.165, 1.54) is 19.2 Å². The van der Waals surface area contributed by atoms with E-state index in [2.05, 4.69) is 10.1 Å². The van der Waals surface area contributed by atoms with Crippen LogP contribution in [0.2, 0.25) is 0 Å². The lowest BCUT2D eigenvalue weighted by Gasteiger charge is -2.07. The van der Waals surface area contributed by atoms with E-state index < -0.39 is 33.2 Å². The highest BCUT2D eigenvalue weighted by molar-refractivity contribution is 7.91. The molecule has 0 unspecified atom stereocenters. The number of carbonyl (C=O) groups excluding carboxylic acids is 2. The van der Waals surface area contributed by atoms with Crippen molar-refractivity contribution in [3.63, 3.8) is 0 Å². The number of methoxy groups -OCH3 is 1. The van der Waals surface area contributed by atoms with E-state index in [4.69, 9.17) is 9.15 Å². The normalized spacial score (nSPS) is 11.0. The average molecular weight is 381 g/mol. The summed E-state index contributed by atoms with van der Waals surface area (Å²) >= 11 is 0. The molecule has 1 amide bonds. The number of rotatable bonds is 8. The quantitative estimate of drug-likeness (QED) is 0.696. The number of benzene rings is 1. The maximum Gasteiger partial charge on any atom is 0.373 e. The van der Waals surface area contributed by atoms with Gasteiger partial charge in [0.25, 0.3) is 0 Å². The third-order valence-corrected chi connectivity index (χ3v) is 4.64. The fourth-order valence-corrected chi connectivity index (χ4v) is 3.29. The highest BCUT2D eigenvalue weighted by Gasteiger charge is 2.21. The van der Waals surface area contributed by atoms with Crippen LogP contribution >= 0.6 is 0 Å². The molecule has 2 aromatic rings. The van der Waals surface area contributed by atoms with Crippen molar-refractivity contribution < 1.29 is 31.9 Å². The molecule has 0 aliphatic rings. The number of amides is 1. The standard InChI is InChI=1S/C17H19NO7S/c1-3-24-13-6-4-12(5-7-13)18-16(19)11-26(21,22)10-14-8-9-15(25-14)17(20)23-2/h4-9H,3,10-11H2,1-2H3,(H,18,19). The van der Waals surface area contributed by atoms with Crippen LogP contribution in [-0.4, -0.2) is 39.8 Å². The van der Waals surface area contributed by atoms with Crippen LogP contribution in [0.4, 0.5) is 5.69 Å². The van der Waals surface area contributed by atoms with E-state index in [-0.39, 0.29) is 11.5 Å². The van der Waals surface area contributed by atoms with Crippen molar-refractivity contribution in [1.82, 2.24) is 0 Å². The molecule has 140 valence electrons. The first kappa shape index (κ1) is 19.5. The average Bonchev–Trinajstić information content (AvgIpc) is 3.03. The van der Waals surface area contributed by atoms with Gasteiger partial charge in [0.2, 0.25) is 11.7 Å². The molecule has 0 atom stereocenters. The lowest BCUT2D eigenvalue weighted by atomic mass is 10.3. The van der Waals surface area contributed by atoms with Crippen LogP contribution in [0, 0.1) is 0 Å². The summed E-state index contributed by atoms with van der Waals surface area (Å²) < 4.78 is 39.1. The number of hydrogen-bond acceptors (Lipinski definition) is 7. The number of esters is 1. The Labute approximate surface area is 151 Å². The molecule has 1 N–H and O–H groups in total.